The summed E-state index contributed by atoms with van der Waals surface area (Å²) in [6, 6.07) is 7.32. The third-order valence-corrected chi connectivity index (χ3v) is 4.65. The Hall–Kier alpha value is -2.38. The Morgan fingerprint density at radius 3 is 2.27 bits per heavy atom. The maximum absolute atomic E-state index is 14.1. The van der Waals surface area contributed by atoms with Crippen LogP contribution in [-0.2, 0) is 24.2 Å². The van der Waals surface area contributed by atoms with Gasteiger partial charge in [0.05, 0.1) is 12.1 Å². The summed E-state index contributed by atoms with van der Waals surface area (Å²) in [6.45, 7) is 5.75. The van der Waals surface area contributed by atoms with Crippen molar-refractivity contribution in [2.45, 2.75) is 52.3 Å². The maximum Gasteiger partial charge on any atom is 0.217 e. The summed E-state index contributed by atoms with van der Waals surface area (Å²) in [5.74, 6) is -1.71. The van der Waals surface area contributed by atoms with Crippen LogP contribution in [0.1, 0.15) is 37.5 Å². The number of nitrogens with one attached hydrogen (secondary N) is 2. The quantitative estimate of drug-likeness (QED) is 0.549. The molecule has 0 fully saturated rings. The second-order valence-electron chi connectivity index (χ2n) is 8.01. The lowest BCUT2D eigenvalue weighted by molar-refractivity contribution is -0.120. The number of rotatable bonds is 10. The Morgan fingerprint density at radius 1 is 1.00 bits per heavy atom. The van der Waals surface area contributed by atoms with Crippen molar-refractivity contribution in [2.24, 2.45) is 5.92 Å². The summed E-state index contributed by atoms with van der Waals surface area (Å²) in [4.78, 5) is 11.5. The molecule has 0 aliphatic heterocycles. The van der Waals surface area contributed by atoms with Gasteiger partial charge in [-0.3, -0.25) is 4.79 Å². The Labute approximate surface area is 175 Å². The molecule has 0 aliphatic carbocycles. The number of hydrogen-bond donors (Lipinski definition) is 3. The lowest BCUT2D eigenvalue weighted by atomic mass is 10.00. The molecule has 2 aromatic carbocycles. The van der Waals surface area contributed by atoms with Crippen LogP contribution in [0, 0.1) is 23.4 Å². The topological polar surface area (TPSA) is 61.4 Å². The molecule has 0 spiro atoms. The zero-order chi connectivity index (χ0) is 22.3. The number of benzene rings is 2. The van der Waals surface area contributed by atoms with Crippen molar-refractivity contribution >= 4 is 5.91 Å². The van der Waals surface area contributed by atoms with Crippen LogP contribution in [0.4, 0.5) is 13.2 Å². The summed E-state index contributed by atoms with van der Waals surface area (Å²) in [5, 5.41) is 16.1. The molecule has 1 unspecified atom stereocenters. The van der Waals surface area contributed by atoms with Crippen molar-refractivity contribution < 1.29 is 23.1 Å². The highest BCUT2D eigenvalue weighted by molar-refractivity contribution is 5.73. The molecule has 0 saturated carbocycles. The number of carbonyl (C=O) groups is 1. The average molecular weight is 422 g/mol. The third kappa shape index (κ3) is 7.80. The van der Waals surface area contributed by atoms with Gasteiger partial charge in [0, 0.05) is 31.6 Å². The summed E-state index contributed by atoms with van der Waals surface area (Å²) in [5.41, 5.74) is 1.84. The highest BCUT2D eigenvalue weighted by Crippen LogP contribution is 2.15. The highest BCUT2D eigenvalue weighted by atomic mass is 19.1. The minimum Gasteiger partial charge on any atom is -0.390 e. The lowest BCUT2D eigenvalue weighted by Gasteiger charge is -2.24. The van der Waals surface area contributed by atoms with Gasteiger partial charge in [0.25, 0.3) is 0 Å². The number of aliphatic hydroxyl groups is 1. The first kappa shape index (κ1) is 23.9. The van der Waals surface area contributed by atoms with Crippen LogP contribution in [-0.4, -0.2) is 29.7 Å². The van der Waals surface area contributed by atoms with E-state index in [0.717, 1.165) is 30.2 Å². The van der Waals surface area contributed by atoms with Crippen LogP contribution in [0.2, 0.25) is 0 Å². The van der Waals surface area contributed by atoms with Gasteiger partial charge in [-0.2, -0.15) is 0 Å². The Bertz CT molecular complexity index is 838. The second kappa shape index (κ2) is 11.1. The molecule has 30 heavy (non-hydrogen) atoms. The molecule has 0 aliphatic rings. The van der Waals surface area contributed by atoms with Crippen LogP contribution >= 0.6 is 0 Å². The summed E-state index contributed by atoms with van der Waals surface area (Å²) >= 11 is 0. The first-order chi connectivity index (χ1) is 14.1. The average Bonchev–Trinajstić information content (AvgIpc) is 2.62. The van der Waals surface area contributed by atoms with E-state index in [1.807, 2.05) is 0 Å². The predicted octanol–water partition coefficient (Wildman–Crippen LogP) is 3.50. The largest absolute Gasteiger partial charge is 0.390 e. The molecule has 0 radical (unpaired) electrons. The van der Waals surface area contributed by atoms with Crippen LogP contribution in [0.3, 0.4) is 0 Å². The second-order valence-corrected chi connectivity index (χ2v) is 8.01. The smallest absolute Gasteiger partial charge is 0.217 e. The molecule has 3 N–H and O–H groups in total. The molecule has 2 atom stereocenters. The molecule has 0 bridgehead atoms. The number of carbonyl (C=O) groups excluding carboxylic acids is 1. The number of halogens is 3. The van der Waals surface area contributed by atoms with E-state index in [1.165, 1.54) is 13.0 Å². The van der Waals surface area contributed by atoms with Gasteiger partial charge in [-0.15, -0.1) is 0 Å². The number of aliphatic hydroxyl groups excluding tert-OH is 1. The van der Waals surface area contributed by atoms with Gasteiger partial charge in [0.2, 0.25) is 5.91 Å². The molecule has 7 heteroatoms. The SMILES string of the molecule is CC(=O)NC(Cc1cc(F)cc(F)c1)[C@H](O)CNCc1cc(CC(C)C)ccc1F. The molecule has 0 saturated heterocycles. The zero-order valence-electron chi connectivity index (χ0n) is 17.5. The van der Waals surface area contributed by atoms with Crippen LogP contribution in [0.15, 0.2) is 36.4 Å². The fourth-order valence-electron chi connectivity index (χ4n) is 3.39. The fraction of sp³-hybridized carbons (Fsp3) is 0.435. The minimum atomic E-state index is -1.04. The van der Waals surface area contributed by atoms with Gasteiger partial charge in [-0.1, -0.05) is 26.0 Å². The standard InChI is InChI=1S/C23H29F3N2O2/c1-14(2)6-16-4-5-21(26)18(7-16)12-27-13-23(30)22(28-15(3)29)10-17-8-19(24)11-20(25)9-17/h4-5,7-9,11,14,22-23,27,30H,6,10,12-13H2,1-3H3,(H,28,29)/t22?,23-/m1/s1. The fourth-order valence-corrected chi connectivity index (χ4v) is 3.39. The monoisotopic (exact) mass is 422 g/mol. The molecular formula is C23H29F3N2O2. The van der Waals surface area contributed by atoms with E-state index < -0.39 is 23.8 Å². The van der Waals surface area contributed by atoms with Crippen molar-refractivity contribution in [2.75, 3.05) is 6.54 Å². The van der Waals surface area contributed by atoms with E-state index >= 15 is 0 Å². The molecule has 4 nitrogen and oxygen atoms in total. The van der Waals surface area contributed by atoms with Gasteiger partial charge >= 0.3 is 0 Å². The zero-order valence-corrected chi connectivity index (χ0v) is 17.5. The van der Waals surface area contributed by atoms with Crippen molar-refractivity contribution in [3.63, 3.8) is 0 Å². The molecule has 2 rings (SSSR count). The lowest BCUT2D eigenvalue weighted by Crippen LogP contribution is -2.48. The van der Waals surface area contributed by atoms with Crippen molar-refractivity contribution in [3.8, 4) is 0 Å². The van der Waals surface area contributed by atoms with E-state index in [2.05, 4.69) is 24.5 Å². The summed E-state index contributed by atoms with van der Waals surface area (Å²) in [6.07, 6.45) is -0.151. The molecular weight excluding hydrogens is 393 g/mol. The van der Waals surface area contributed by atoms with Gasteiger partial charge in [-0.25, -0.2) is 13.2 Å². The first-order valence-electron chi connectivity index (χ1n) is 10.0. The minimum absolute atomic E-state index is 0.0509. The van der Waals surface area contributed by atoms with Gasteiger partial charge in [-0.05, 0) is 48.1 Å². The molecule has 0 aromatic heterocycles. The van der Waals surface area contributed by atoms with E-state index in [-0.39, 0.29) is 31.2 Å². The van der Waals surface area contributed by atoms with Crippen molar-refractivity contribution in [1.29, 1.82) is 0 Å². The van der Waals surface area contributed by atoms with E-state index in [4.69, 9.17) is 0 Å². The molecule has 2 aromatic rings. The van der Waals surface area contributed by atoms with Gasteiger partial charge < -0.3 is 15.7 Å². The molecule has 0 heterocycles. The van der Waals surface area contributed by atoms with Gasteiger partial charge in [0.15, 0.2) is 0 Å². The number of hydrogen-bond acceptors (Lipinski definition) is 3. The van der Waals surface area contributed by atoms with Gasteiger partial charge in [0.1, 0.15) is 17.5 Å². The van der Waals surface area contributed by atoms with Crippen LogP contribution < -0.4 is 10.6 Å². The Balaban J connectivity index is 2.00. The van der Waals surface area contributed by atoms with E-state index in [9.17, 15) is 23.1 Å². The first-order valence-corrected chi connectivity index (χ1v) is 10.0. The Morgan fingerprint density at radius 2 is 1.67 bits per heavy atom. The van der Waals surface area contributed by atoms with E-state index in [0.29, 0.717) is 17.0 Å². The highest BCUT2D eigenvalue weighted by Gasteiger charge is 2.21. The van der Waals surface area contributed by atoms with Crippen LogP contribution in [0.25, 0.3) is 0 Å². The molecule has 1 amide bonds. The predicted molar refractivity (Wildman–Crippen MR) is 110 cm³/mol. The Kier molecular flexibility index (Phi) is 8.87. The van der Waals surface area contributed by atoms with Crippen molar-refractivity contribution in [1.82, 2.24) is 10.6 Å². The third-order valence-electron chi connectivity index (χ3n) is 4.65. The molecule has 164 valence electrons. The maximum atomic E-state index is 14.1. The normalized spacial score (nSPS) is 13.3. The van der Waals surface area contributed by atoms with Crippen LogP contribution in [0.5, 0.6) is 0 Å². The van der Waals surface area contributed by atoms with Crippen molar-refractivity contribution in [3.05, 3.63) is 70.5 Å². The summed E-state index contributed by atoms with van der Waals surface area (Å²) < 4.78 is 41.0. The van der Waals surface area contributed by atoms with E-state index in [1.54, 1.807) is 12.1 Å². The number of amides is 1. The summed E-state index contributed by atoms with van der Waals surface area (Å²) in [7, 11) is 0.